The first-order valence-corrected chi connectivity index (χ1v) is 7.72. The van der Waals surface area contributed by atoms with Gasteiger partial charge in [-0.2, -0.15) is 0 Å². The van der Waals surface area contributed by atoms with E-state index in [9.17, 15) is 9.90 Å². The minimum absolute atomic E-state index is 0.0887. The van der Waals surface area contributed by atoms with Gasteiger partial charge in [-0.15, -0.1) is 0 Å². The number of hydrogen-bond acceptors (Lipinski definition) is 3. The topological polar surface area (TPSA) is 52.6 Å². The lowest BCUT2D eigenvalue weighted by Crippen LogP contribution is -2.48. The predicted molar refractivity (Wildman–Crippen MR) is 78.0 cm³/mol. The standard InChI is InChI=1S/C15H30N2O2/c1-4-5-6-7-13(3)16-15(19)11-17-9-8-12(2)14(18)10-17/h12-14,18H,4-11H2,1-3H3,(H,16,19). The van der Waals surface area contributed by atoms with Gasteiger partial charge in [0.2, 0.25) is 5.91 Å². The number of carbonyl (C=O) groups excluding carboxylic acids is 1. The van der Waals surface area contributed by atoms with Gasteiger partial charge < -0.3 is 10.4 Å². The van der Waals surface area contributed by atoms with Gasteiger partial charge in [0, 0.05) is 12.6 Å². The third-order valence-corrected chi connectivity index (χ3v) is 4.02. The number of nitrogens with one attached hydrogen (secondary N) is 1. The molecule has 112 valence electrons. The third-order valence-electron chi connectivity index (χ3n) is 4.02. The molecule has 1 aliphatic heterocycles. The molecule has 1 amide bonds. The Hall–Kier alpha value is -0.610. The van der Waals surface area contributed by atoms with Crippen molar-refractivity contribution >= 4 is 5.91 Å². The van der Waals surface area contributed by atoms with Crippen molar-refractivity contribution in [3.05, 3.63) is 0 Å². The van der Waals surface area contributed by atoms with Gasteiger partial charge >= 0.3 is 0 Å². The summed E-state index contributed by atoms with van der Waals surface area (Å²) in [4.78, 5) is 14.0. The molecule has 0 aliphatic carbocycles. The van der Waals surface area contributed by atoms with Crippen LogP contribution in [0.4, 0.5) is 0 Å². The first kappa shape index (κ1) is 16.4. The number of nitrogens with zero attached hydrogens (tertiary/aromatic N) is 1. The summed E-state index contributed by atoms with van der Waals surface area (Å²) in [5.41, 5.74) is 0. The Morgan fingerprint density at radius 3 is 2.84 bits per heavy atom. The van der Waals surface area contributed by atoms with Gasteiger partial charge in [0.05, 0.1) is 12.6 Å². The Balaban J connectivity index is 2.20. The summed E-state index contributed by atoms with van der Waals surface area (Å²) in [7, 11) is 0. The molecule has 2 N–H and O–H groups in total. The van der Waals surface area contributed by atoms with Crippen molar-refractivity contribution in [1.29, 1.82) is 0 Å². The molecule has 1 saturated heterocycles. The molecule has 19 heavy (non-hydrogen) atoms. The first-order valence-electron chi connectivity index (χ1n) is 7.72. The number of piperidine rings is 1. The van der Waals surface area contributed by atoms with E-state index in [0.29, 0.717) is 19.0 Å². The summed E-state index contributed by atoms with van der Waals surface area (Å²) in [6, 6.07) is 0.257. The fourth-order valence-electron chi connectivity index (χ4n) is 2.55. The zero-order chi connectivity index (χ0) is 14.3. The highest BCUT2D eigenvalue weighted by atomic mass is 16.3. The zero-order valence-electron chi connectivity index (χ0n) is 12.7. The van der Waals surface area contributed by atoms with E-state index in [0.717, 1.165) is 19.4 Å². The maximum atomic E-state index is 11.9. The number of unbranched alkanes of at least 4 members (excludes halogenated alkanes) is 2. The van der Waals surface area contributed by atoms with Crippen LogP contribution in [0.25, 0.3) is 0 Å². The van der Waals surface area contributed by atoms with Crippen molar-refractivity contribution in [2.75, 3.05) is 19.6 Å². The van der Waals surface area contributed by atoms with E-state index in [2.05, 4.69) is 31.0 Å². The second kappa shape index (κ2) is 8.54. The van der Waals surface area contributed by atoms with Crippen molar-refractivity contribution in [2.24, 2.45) is 5.92 Å². The molecule has 4 heteroatoms. The van der Waals surface area contributed by atoms with Crippen LogP contribution < -0.4 is 5.32 Å². The Morgan fingerprint density at radius 1 is 1.47 bits per heavy atom. The van der Waals surface area contributed by atoms with Gasteiger partial charge in [-0.3, -0.25) is 9.69 Å². The van der Waals surface area contributed by atoms with Gasteiger partial charge in [-0.1, -0.05) is 33.1 Å². The van der Waals surface area contributed by atoms with Gasteiger partial charge in [0.15, 0.2) is 0 Å². The van der Waals surface area contributed by atoms with Crippen molar-refractivity contribution in [1.82, 2.24) is 10.2 Å². The summed E-state index contributed by atoms with van der Waals surface area (Å²) in [5, 5.41) is 12.9. The molecule has 1 fully saturated rings. The van der Waals surface area contributed by atoms with Gasteiger partial charge in [0.25, 0.3) is 0 Å². The quantitative estimate of drug-likeness (QED) is 0.693. The van der Waals surface area contributed by atoms with E-state index in [1.54, 1.807) is 0 Å². The maximum absolute atomic E-state index is 11.9. The number of rotatable bonds is 7. The minimum atomic E-state index is -0.288. The first-order chi connectivity index (χ1) is 9.02. The number of aliphatic hydroxyl groups is 1. The van der Waals surface area contributed by atoms with Crippen LogP contribution in [0.2, 0.25) is 0 Å². The number of likely N-dealkylation sites (tertiary alicyclic amines) is 1. The lowest BCUT2D eigenvalue weighted by Gasteiger charge is -2.33. The Labute approximate surface area is 117 Å². The zero-order valence-corrected chi connectivity index (χ0v) is 12.7. The second-order valence-electron chi connectivity index (χ2n) is 6.03. The number of carbonyl (C=O) groups is 1. The Kier molecular flexibility index (Phi) is 7.39. The van der Waals surface area contributed by atoms with Crippen LogP contribution >= 0.6 is 0 Å². The Morgan fingerprint density at radius 2 is 2.21 bits per heavy atom. The van der Waals surface area contributed by atoms with Crippen molar-refractivity contribution in [2.45, 2.75) is 65.0 Å². The lowest BCUT2D eigenvalue weighted by atomic mass is 9.96. The molecule has 1 aliphatic rings. The van der Waals surface area contributed by atoms with Crippen LogP contribution in [-0.2, 0) is 4.79 Å². The average Bonchev–Trinajstić information content (AvgIpc) is 2.34. The molecule has 1 heterocycles. The number of aliphatic hydroxyl groups excluding tert-OH is 1. The summed E-state index contributed by atoms with van der Waals surface area (Å²) in [5.74, 6) is 0.443. The normalized spacial score (nSPS) is 26.1. The van der Waals surface area contributed by atoms with E-state index in [-0.39, 0.29) is 18.1 Å². The maximum Gasteiger partial charge on any atom is 0.234 e. The van der Waals surface area contributed by atoms with Crippen molar-refractivity contribution in [3.8, 4) is 0 Å². The Bertz CT molecular complexity index is 271. The molecular weight excluding hydrogens is 240 g/mol. The van der Waals surface area contributed by atoms with Crippen LogP contribution in [0.5, 0.6) is 0 Å². The van der Waals surface area contributed by atoms with E-state index in [4.69, 9.17) is 0 Å². The molecule has 0 aromatic carbocycles. The fraction of sp³-hybridized carbons (Fsp3) is 0.933. The molecular formula is C15H30N2O2. The van der Waals surface area contributed by atoms with Crippen molar-refractivity contribution in [3.63, 3.8) is 0 Å². The fourth-order valence-corrected chi connectivity index (χ4v) is 2.55. The minimum Gasteiger partial charge on any atom is -0.392 e. The summed E-state index contributed by atoms with van der Waals surface area (Å²) < 4.78 is 0. The SMILES string of the molecule is CCCCCC(C)NC(=O)CN1CCC(C)C(O)C1. The smallest absolute Gasteiger partial charge is 0.234 e. The summed E-state index contributed by atoms with van der Waals surface area (Å²) in [6.07, 6.45) is 5.36. The molecule has 4 nitrogen and oxygen atoms in total. The lowest BCUT2D eigenvalue weighted by molar-refractivity contribution is -0.123. The average molecular weight is 270 g/mol. The summed E-state index contributed by atoms with van der Waals surface area (Å²) >= 11 is 0. The van der Waals surface area contributed by atoms with Crippen LogP contribution in [0.3, 0.4) is 0 Å². The van der Waals surface area contributed by atoms with E-state index >= 15 is 0 Å². The summed E-state index contributed by atoms with van der Waals surface area (Å²) in [6.45, 7) is 8.28. The van der Waals surface area contributed by atoms with Crippen LogP contribution in [0.1, 0.15) is 52.9 Å². The highest BCUT2D eigenvalue weighted by Gasteiger charge is 2.25. The molecule has 0 aromatic rings. The van der Waals surface area contributed by atoms with Gasteiger partial charge in [-0.05, 0) is 32.2 Å². The molecule has 3 unspecified atom stereocenters. The van der Waals surface area contributed by atoms with Crippen LogP contribution in [-0.4, -0.2) is 47.7 Å². The van der Waals surface area contributed by atoms with E-state index in [1.807, 2.05) is 0 Å². The molecule has 0 spiro atoms. The molecule has 1 rings (SSSR count). The number of amides is 1. The number of β-amino-alcohol motifs (C(OH)–C–C–N with tert-alkyl or cyclic N) is 1. The molecule has 3 atom stereocenters. The third kappa shape index (κ3) is 6.39. The molecule has 0 radical (unpaired) electrons. The van der Waals surface area contributed by atoms with E-state index < -0.39 is 0 Å². The largest absolute Gasteiger partial charge is 0.392 e. The predicted octanol–water partition coefficient (Wildman–Crippen LogP) is 1.77. The van der Waals surface area contributed by atoms with Crippen LogP contribution in [0.15, 0.2) is 0 Å². The second-order valence-corrected chi connectivity index (χ2v) is 6.03. The number of hydrogen-bond donors (Lipinski definition) is 2. The highest BCUT2D eigenvalue weighted by Crippen LogP contribution is 2.16. The monoisotopic (exact) mass is 270 g/mol. The van der Waals surface area contributed by atoms with E-state index in [1.165, 1.54) is 19.3 Å². The van der Waals surface area contributed by atoms with Crippen molar-refractivity contribution < 1.29 is 9.90 Å². The highest BCUT2D eigenvalue weighted by molar-refractivity contribution is 5.78. The molecule has 0 bridgehead atoms. The molecule has 0 saturated carbocycles. The van der Waals surface area contributed by atoms with Gasteiger partial charge in [0.1, 0.15) is 0 Å². The van der Waals surface area contributed by atoms with Gasteiger partial charge in [-0.25, -0.2) is 0 Å². The molecule has 0 aromatic heterocycles. The van der Waals surface area contributed by atoms with Crippen LogP contribution in [0, 0.1) is 5.92 Å².